The molecule has 0 atom stereocenters. The molecule has 142 valence electrons. The van der Waals surface area contributed by atoms with E-state index in [1.165, 1.54) is 57.4 Å². The summed E-state index contributed by atoms with van der Waals surface area (Å²) in [6.07, 6.45) is 4.71. The van der Waals surface area contributed by atoms with E-state index in [2.05, 4.69) is 38.1 Å². The maximum absolute atomic E-state index is 5.92. The Morgan fingerprint density at radius 1 is 0.704 bits per heavy atom. The Labute approximate surface area is 167 Å². The number of rotatable bonds is 2. The third-order valence-corrected chi connectivity index (χ3v) is 6.96. The van der Waals surface area contributed by atoms with E-state index < -0.39 is 0 Å². The predicted octanol–water partition coefficient (Wildman–Crippen LogP) is 6.28. The van der Waals surface area contributed by atoms with Crippen LogP contribution in [0.4, 0.5) is 0 Å². The Morgan fingerprint density at radius 2 is 1.15 bits per heavy atom. The van der Waals surface area contributed by atoms with Gasteiger partial charge < -0.3 is 9.47 Å². The van der Waals surface area contributed by atoms with E-state index in [0.717, 1.165) is 35.8 Å². The molecular weight excluding hydrogens is 352 g/mol. The standard InChI is InChI=1S/C24H28O2S/c1-15-16(2)22-12-18-8-6-5-7-17-9-19(23(25-3)21(15)11-17)13-27-14-20(10-18)24(22)26-4/h9-12H,5-8,13-14H2,1-4H3/b16-15-. The molecule has 0 fully saturated rings. The predicted molar refractivity (Wildman–Crippen MR) is 116 cm³/mol. The monoisotopic (exact) mass is 380 g/mol. The minimum Gasteiger partial charge on any atom is -0.496 e. The molecule has 2 aromatic carbocycles. The van der Waals surface area contributed by atoms with Crippen LogP contribution in [0, 0.1) is 0 Å². The number of hydrogen-bond donors (Lipinski definition) is 0. The Hall–Kier alpha value is -1.87. The number of allylic oxidation sites excluding steroid dienone is 2. The second-order valence-corrected chi connectivity index (χ2v) is 8.61. The number of methoxy groups -OCH3 is 2. The molecule has 1 heterocycles. The van der Waals surface area contributed by atoms with Gasteiger partial charge in [0.15, 0.2) is 0 Å². The molecule has 6 bridgehead atoms. The van der Waals surface area contributed by atoms with Gasteiger partial charge in [0.1, 0.15) is 11.5 Å². The molecule has 0 saturated heterocycles. The minimum absolute atomic E-state index is 0.957. The van der Waals surface area contributed by atoms with Crippen LogP contribution in [0.2, 0.25) is 0 Å². The van der Waals surface area contributed by atoms with E-state index >= 15 is 0 Å². The quantitative estimate of drug-likeness (QED) is 0.611. The molecule has 1 aliphatic heterocycles. The van der Waals surface area contributed by atoms with Gasteiger partial charge in [0.2, 0.25) is 0 Å². The minimum atomic E-state index is 0.957. The lowest BCUT2D eigenvalue weighted by atomic mass is 9.89. The van der Waals surface area contributed by atoms with Crippen LogP contribution in [0.5, 0.6) is 11.5 Å². The lowest BCUT2D eigenvalue weighted by Crippen LogP contribution is -2.02. The lowest BCUT2D eigenvalue weighted by Gasteiger charge is -2.20. The van der Waals surface area contributed by atoms with Crippen LogP contribution in [-0.4, -0.2) is 14.2 Å². The summed E-state index contributed by atoms with van der Waals surface area (Å²) in [6.45, 7) is 4.45. The van der Waals surface area contributed by atoms with Gasteiger partial charge in [-0.2, -0.15) is 11.8 Å². The molecule has 0 saturated carbocycles. The van der Waals surface area contributed by atoms with Gasteiger partial charge in [-0.05, 0) is 73.9 Å². The zero-order chi connectivity index (χ0) is 19.0. The fourth-order valence-corrected chi connectivity index (χ4v) is 5.36. The maximum atomic E-state index is 5.92. The van der Waals surface area contributed by atoms with Crippen molar-refractivity contribution >= 4 is 22.9 Å². The Morgan fingerprint density at radius 3 is 1.56 bits per heavy atom. The number of ether oxygens (including phenoxy) is 2. The van der Waals surface area contributed by atoms with E-state index in [4.69, 9.17) is 9.47 Å². The van der Waals surface area contributed by atoms with Crippen molar-refractivity contribution in [2.75, 3.05) is 14.2 Å². The molecule has 27 heavy (non-hydrogen) atoms. The SMILES string of the molecule is COc1c2cc3cc1/C(C)=C(/C)c1cc(cc(c1OC)CSC2)CCCC3. The van der Waals surface area contributed by atoms with E-state index in [1.54, 1.807) is 14.2 Å². The van der Waals surface area contributed by atoms with E-state index in [-0.39, 0.29) is 0 Å². The summed E-state index contributed by atoms with van der Waals surface area (Å²) in [5.41, 5.74) is 10.5. The normalized spacial score (nSPS) is 19.1. The maximum Gasteiger partial charge on any atom is 0.130 e. The highest BCUT2D eigenvalue weighted by molar-refractivity contribution is 7.97. The second kappa shape index (κ2) is 7.63. The van der Waals surface area contributed by atoms with Gasteiger partial charge in [-0.15, -0.1) is 0 Å². The first kappa shape index (κ1) is 18.5. The molecule has 3 heteroatoms. The molecule has 0 radical (unpaired) electrons. The van der Waals surface area contributed by atoms with E-state index in [9.17, 15) is 0 Å². The first-order valence-corrected chi connectivity index (χ1v) is 10.9. The van der Waals surface area contributed by atoms with Gasteiger partial charge in [0.05, 0.1) is 14.2 Å². The third-order valence-electron chi connectivity index (χ3n) is 5.93. The summed E-state index contributed by atoms with van der Waals surface area (Å²) in [4.78, 5) is 0. The van der Waals surface area contributed by atoms with Gasteiger partial charge in [-0.25, -0.2) is 0 Å². The first-order valence-electron chi connectivity index (χ1n) is 9.78. The van der Waals surface area contributed by atoms with Crippen molar-refractivity contribution in [2.45, 2.75) is 51.0 Å². The molecule has 4 rings (SSSR count). The third kappa shape index (κ3) is 3.38. The second-order valence-electron chi connectivity index (χ2n) is 7.62. The van der Waals surface area contributed by atoms with Gasteiger partial charge in [-0.1, -0.05) is 12.1 Å². The van der Waals surface area contributed by atoms with Crippen molar-refractivity contribution in [1.82, 2.24) is 0 Å². The largest absolute Gasteiger partial charge is 0.496 e. The molecule has 1 aliphatic carbocycles. The Balaban J connectivity index is 2.08. The average Bonchev–Trinajstić information content (AvgIpc) is 2.69. The van der Waals surface area contributed by atoms with Crippen molar-refractivity contribution in [3.05, 3.63) is 57.6 Å². The van der Waals surface area contributed by atoms with Crippen LogP contribution in [0.1, 0.15) is 60.1 Å². The van der Waals surface area contributed by atoms with Crippen molar-refractivity contribution in [3.63, 3.8) is 0 Å². The van der Waals surface area contributed by atoms with Gasteiger partial charge in [-0.3, -0.25) is 0 Å². The first-order chi connectivity index (χ1) is 13.1. The number of hydrogen-bond acceptors (Lipinski definition) is 3. The molecule has 0 spiro atoms. The highest BCUT2D eigenvalue weighted by Gasteiger charge is 2.21. The molecule has 0 aromatic heterocycles. The highest BCUT2D eigenvalue weighted by atomic mass is 32.2. The molecule has 0 N–H and O–H groups in total. The fourth-order valence-electron chi connectivity index (χ4n) is 4.39. The number of fused-ring (bicyclic) bond motifs is 4. The van der Waals surface area contributed by atoms with Gasteiger partial charge in [0, 0.05) is 33.8 Å². The average molecular weight is 381 g/mol. The van der Waals surface area contributed by atoms with Crippen LogP contribution >= 0.6 is 11.8 Å². The molecule has 2 nitrogen and oxygen atoms in total. The fraction of sp³-hybridized carbons (Fsp3) is 0.417. The Bertz CT molecular complexity index is 838. The number of thioether (sulfide) groups is 1. The van der Waals surface area contributed by atoms with Crippen molar-refractivity contribution < 1.29 is 9.47 Å². The molecule has 0 amide bonds. The van der Waals surface area contributed by atoms with Crippen LogP contribution < -0.4 is 9.47 Å². The number of aryl methyl sites for hydroxylation is 2. The van der Waals surface area contributed by atoms with Crippen LogP contribution in [0.15, 0.2) is 24.3 Å². The summed E-state index contributed by atoms with van der Waals surface area (Å²) >= 11 is 1.95. The van der Waals surface area contributed by atoms with Crippen LogP contribution in [0.25, 0.3) is 11.1 Å². The Kier molecular flexibility index (Phi) is 5.23. The zero-order valence-electron chi connectivity index (χ0n) is 16.8. The van der Waals surface area contributed by atoms with Crippen LogP contribution in [-0.2, 0) is 24.3 Å². The summed E-state index contributed by atoms with van der Waals surface area (Å²) in [7, 11) is 3.60. The van der Waals surface area contributed by atoms with Gasteiger partial charge >= 0.3 is 0 Å². The van der Waals surface area contributed by atoms with Crippen molar-refractivity contribution in [2.24, 2.45) is 0 Å². The summed E-state index contributed by atoms with van der Waals surface area (Å²) in [5.74, 6) is 3.99. The molecular formula is C24H28O2S. The highest BCUT2D eigenvalue weighted by Crippen LogP contribution is 2.43. The smallest absolute Gasteiger partial charge is 0.130 e. The van der Waals surface area contributed by atoms with Gasteiger partial charge in [0.25, 0.3) is 0 Å². The van der Waals surface area contributed by atoms with E-state index in [0.29, 0.717) is 0 Å². The molecule has 2 aromatic rings. The lowest BCUT2D eigenvalue weighted by molar-refractivity contribution is 0.409. The summed E-state index contributed by atoms with van der Waals surface area (Å²) < 4.78 is 11.8. The molecule has 0 unspecified atom stereocenters. The van der Waals surface area contributed by atoms with Crippen molar-refractivity contribution in [3.8, 4) is 11.5 Å². The molecule has 2 aliphatic rings. The summed E-state index contributed by atoms with van der Waals surface area (Å²) in [6, 6.07) is 9.43. The van der Waals surface area contributed by atoms with Crippen LogP contribution in [0.3, 0.4) is 0 Å². The van der Waals surface area contributed by atoms with Crippen molar-refractivity contribution in [1.29, 1.82) is 0 Å². The topological polar surface area (TPSA) is 18.5 Å². The zero-order valence-corrected chi connectivity index (χ0v) is 17.6. The van der Waals surface area contributed by atoms with E-state index in [1.807, 2.05) is 11.8 Å². The number of benzene rings is 2. The summed E-state index contributed by atoms with van der Waals surface area (Å²) in [5, 5.41) is 0.